The zero-order valence-electron chi connectivity index (χ0n) is 15.1. The van der Waals surface area contributed by atoms with E-state index in [0.29, 0.717) is 5.69 Å². The van der Waals surface area contributed by atoms with Crippen molar-refractivity contribution in [2.75, 3.05) is 18.4 Å². The van der Waals surface area contributed by atoms with Gasteiger partial charge in [0.2, 0.25) is 0 Å². The smallest absolute Gasteiger partial charge is 0.258 e. The summed E-state index contributed by atoms with van der Waals surface area (Å²) in [6.45, 7) is 3.35. The summed E-state index contributed by atoms with van der Waals surface area (Å²) in [6, 6.07) is 5.73. The van der Waals surface area contributed by atoms with Gasteiger partial charge in [0.1, 0.15) is 5.82 Å². The van der Waals surface area contributed by atoms with Gasteiger partial charge in [-0.25, -0.2) is 13.8 Å². The predicted molar refractivity (Wildman–Crippen MR) is 107 cm³/mol. The van der Waals surface area contributed by atoms with Crippen LogP contribution in [0.3, 0.4) is 0 Å². The molecule has 5 nitrogen and oxygen atoms in total. The van der Waals surface area contributed by atoms with E-state index < -0.39 is 17.5 Å². The summed E-state index contributed by atoms with van der Waals surface area (Å²) in [5.41, 5.74) is 2.81. The van der Waals surface area contributed by atoms with Crippen molar-refractivity contribution in [3.63, 3.8) is 0 Å². The number of anilines is 1. The molecule has 1 aliphatic rings. The number of pyridine rings is 1. The highest BCUT2D eigenvalue weighted by Crippen LogP contribution is 2.23. The number of rotatable bonds is 3. The van der Waals surface area contributed by atoms with Crippen LogP contribution >= 0.6 is 12.4 Å². The first kappa shape index (κ1) is 20.0. The number of benzene rings is 1. The van der Waals surface area contributed by atoms with Crippen molar-refractivity contribution in [3.8, 4) is 0 Å². The first-order valence-electron chi connectivity index (χ1n) is 8.67. The number of halogens is 3. The van der Waals surface area contributed by atoms with Gasteiger partial charge in [-0.05, 0) is 43.2 Å². The number of carbonyl (C=O) groups is 1. The molecule has 2 N–H and O–H groups in total. The third-order valence-electron chi connectivity index (χ3n) is 4.53. The average Bonchev–Trinajstić information content (AvgIpc) is 3.03. The number of hydrogen-bond acceptors (Lipinski definition) is 3. The molecular formula is C20H19ClF2N4O. The molecule has 0 spiro atoms. The number of fused-ring (bicyclic) bond motifs is 1. The van der Waals surface area contributed by atoms with Crippen molar-refractivity contribution >= 4 is 35.2 Å². The van der Waals surface area contributed by atoms with Gasteiger partial charge >= 0.3 is 0 Å². The van der Waals surface area contributed by atoms with Crippen LogP contribution in [-0.2, 0) is 0 Å². The van der Waals surface area contributed by atoms with Crippen LogP contribution in [0.2, 0.25) is 0 Å². The van der Waals surface area contributed by atoms with Gasteiger partial charge in [0.25, 0.3) is 5.91 Å². The maximum absolute atomic E-state index is 14.5. The highest BCUT2D eigenvalue weighted by molar-refractivity contribution is 6.04. The summed E-state index contributed by atoms with van der Waals surface area (Å²) in [5, 5.41) is 5.75. The van der Waals surface area contributed by atoms with Crippen molar-refractivity contribution in [1.82, 2.24) is 14.7 Å². The van der Waals surface area contributed by atoms with Crippen LogP contribution in [0, 0.1) is 18.6 Å². The number of imidazole rings is 1. The summed E-state index contributed by atoms with van der Waals surface area (Å²) < 4.78 is 30.1. The minimum atomic E-state index is -0.631. The molecule has 8 heteroatoms. The Morgan fingerprint density at radius 2 is 2.04 bits per heavy atom. The Bertz CT molecular complexity index is 1080. The van der Waals surface area contributed by atoms with Crippen molar-refractivity contribution in [1.29, 1.82) is 0 Å². The molecule has 3 aromatic rings. The van der Waals surface area contributed by atoms with Crippen molar-refractivity contribution in [3.05, 3.63) is 71.2 Å². The summed E-state index contributed by atoms with van der Waals surface area (Å²) in [7, 11) is 0. The molecule has 0 saturated carbocycles. The lowest BCUT2D eigenvalue weighted by Gasteiger charge is -2.15. The van der Waals surface area contributed by atoms with E-state index in [0.717, 1.165) is 30.6 Å². The largest absolute Gasteiger partial charge is 0.320 e. The van der Waals surface area contributed by atoms with Gasteiger partial charge in [-0.1, -0.05) is 12.1 Å². The Balaban J connectivity index is 0.00000225. The minimum absolute atomic E-state index is 0. The molecular weight excluding hydrogens is 386 g/mol. The predicted octanol–water partition coefficient (Wildman–Crippen LogP) is 3.97. The Kier molecular flexibility index (Phi) is 5.76. The Labute approximate surface area is 166 Å². The number of aromatic nitrogens is 2. The molecule has 0 aliphatic carbocycles. The Hall–Kier alpha value is -2.77. The van der Waals surface area contributed by atoms with Crippen LogP contribution in [-0.4, -0.2) is 28.4 Å². The summed E-state index contributed by atoms with van der Waals surface area (Å²) >= 11 is 0. The molecule has 3 heterocycles. The first-order chi connectivity index (χ1) is 13.0. The standard InChI is InChI=1S/C20H18F2N4O.ClH/c1-12-10-26-11-15(9-18(22)19(26)24-12)25-20(27)16-3-2-14(8-17(16)21)13-4-6-23-7-5-13;/h2-4,8-11,23H,5-7H2,1H3,(H,25,27);1H. The lowest BCUT2D eigenvalue weighted by Crippen LogP contribution is -2.20. The quantitative estimate of drug-likeness (QED) is 0.694. The minimum Gasteiger partial charge on any atom is -0.320 e. The number of hydrogen-bond donors (Lipinski definition) is 2. The number of aryl methyl sites for hydroxylation is 1. The van der Waals surface area contributed by atoms with Gasteiger partial charge in [0.05, 0.1) is 16.9 Å². The fraction of sp³-hybridized carbons (Fsp3) is 0.200. The third kappa shape index (κ3) is 3.90. The molecule has 0 radical (unpaired) electrons. The molecule has 0 bridgehead atoms. The topological polar surface area (TPSA) is 58.4 Å². The maximum atomic E-state index is 14.5. The van der Waals surface area contributed by atoms with Crippen molar-refractivity contribution in [2.24, 2.45) is 0 Å². The first-order valence-corrected chi connectivity index (χ1v) is 8.67. The third-order valence-corrected chi connectivity index (χ3v) is 4.53. The van der Waals surface area contributed by atoms with E-state index in [-0.39, 0.29) is 29.3 Å². The molecule has 4 rings (SSSR count). The number of carbonyl (C=O) groups excluding carboxylic acids is 1. The van der Waals surface area contributed by atoms with Crippen LogP contribution in [0.25, 0.3) is 11.2 Å². The molecule has 0 atom stereocenters. The molecule has 1 amide bonds. The van der Waals surface area contributed by atoms with Crippen LogP contribution < -0.4 is 10.6 Å². The van der Waals surface area contributed by atoms with E-state index in [9.17, 15) is 13.6 Å². The van der Waals surface area contributed by atoms with Crippen LogP contribution in [0.5, 0.6) is 0 Å². The molecule has 1 aromatic carbocycles. The normalized spacial score (nSPS) is 13.8. The second-order valence-corrected chi connectivity index (χ2v) is 6.52. The van der Waals surface area contributed by atoms with Gasteiger partial charge in [0.15, 0.2) is 11.5 Å². The number of nitrogens with one attached hydrogen (secondary N) is 2. The van der Waals surface area contributed by atoms with Gasteiger partial charge in [-0.2, -0.15) is 0 Å². The highest BCUT2D eigenvalue weighted by atomic mass is 35.5. The zero-order valence-corrected chi connectivity index (χ0v) is 15.9. The lowest BCUT2D eigenvalue weighted by molar-refractivity contribution is 0.102. The van der Waals surface area contributed by atoms with Gasteiger partial charge in [0, 0.05) is 25.0 Å². The van der Waals surface area contributed by atoms with E-state index in [1.807, 2.05) is 6.08 Å². The molecule has 0 unspecified atom stereocenters. The van der Waals surface area contributed by atoms with Crippen molar-refractivity contribution in [2.45, 2.75) is 13.3 Å². The van der Waals surface area contributed by atoms with Crippen LogP contribution in [0.15, 0.2) is 42.7 Å². The monoisotopic (exact) mass is 404 g/mol. The van der Waals surface area contributed by atoms with Gasteiger partial charge < -0.3 is 15.0 Å². The van der Waals surface area contributed by atoms with E-state index in [1.165, 1.54) is 22.6 Å². The molecule has 1 aliphatic heterocycles. The van der Waals surface area contributed by atoms with E-state index >= 15 is 0 Å². The average molecular weight is 405 g/mol. The van der Waals surface area contributed by atoms with Gasteiger partial charge in [-0.3, -0.25) is 4.79 Å². The number of nitrogens with zero attached hydrogens (tertiary/aromatic N) is 2. The molecule has 0 saturated heterocycles. The highest BCUT2D eigenvalue weighted by Gasteiger charge is 2.16. The summed E-state index contributed by atoms with van der Waals surface area (Å²) in [5.74, 6) is -1.80. The van der Waals surface area contributed by atoms with E-state index in [2.05, 4.69) is 15.6 Å². The fourth-order valence-corrected chi connectivity index (χ4v) is 3.23. The number of amides is 1. The van der Waals surface area contributed by atoms with Gasteiger partial charge in [-0.15, -0.1) is 12.4 Å². The van der Waals surface area contributed by atoms with Crippen molar-refractivity contribution < 1.29 is 13.6 Å². The van der Waals surface area contributed by atoms with E-state index in [1.54, 1.807) is 25.4 Å². The van der Waals surface area contributed by atoms with Crippen LogP contribution in [0.1, 0.15) is 28.0 Å². The molecule has 146 valence electrons. The maximum Gasteiger partial charge on any atom is 0.258 e. The summed E-state index contributed by atoms with van der Waals surface area (Å²) in [6.07, 6.45) is 6.02. The second kappa shape index (κ2) is 8.08. The molecule has 2 aromatic heterocycles. The Morgan fingerprint density at radius 3 is 2.75 bits per heavy atom. The fourth-order valence-electron chi connectivity index (χ4n) is 3.23. The second-order valence-electron chi connectivity index (χ2n) is 6.52. The van der Waals surface area contributed by atoms with Crippen LogP contribution in [0.4, 0.5) is 14.5 Å². The summed E-state index contributed by atoms with van der Waals surface area (Å²) in [4.78, 5) is 16.5. The Morgan fingerprint density at radius 1 is 1.21 bits per heavy atom. The van der Waals surface area contributed by atoms with E-state index in [4.69, 9.17) is 0 Å². The molecule has 0 fully saturated rings. The molecule has 28 heavy (non-hydrogen) atoms. The zero-order chi connectivity index (χ0) is 19.0. The lowest BCUT2D eigenvalue weighted by atomic mass is 9.98. The SMILES string of the molecule is Cc1cn2cc(NC(=O)c3ccc(C4=CCNCC4)cc3F)cc(F)c2n1.Cl.